The van der Waals surface area contributed by atoms with Crippen molar-refractivity contribution in [2.75, 3.05) is 18.4 Å². The number of likely N-dealkylation sites (tertiary alicyclic amines) is 1. The molecule has 0 aliphatic carbocycles. The molecular formula is C22H27ClN4O4. The van der Waals surface area contributed by atoms with E-state index in [0.717, 1.165) is 0 Å². The third-order valence-electron chi connectivity index (χ3n) is 5.21. The van der Waals surface area contributed by atoms with Crippen LogP contribution in [0, 0.1) is 5.92 Å². The van der Waals surface area contributed by atoms with Gasteiger partial charge in [0.2, 0.25) is 0 Å². The van der Waals surface area contributed by atoms with Gasteiger partial charge in [0.05, 0.1) is 12.1 Å². The van der Waals surface area contributed by atoms with Gasteiger partial charge in [-0.05, 0) is 57.9 Å². The van der Waals surface area contributed by atoms with Gasteiger partial charge in [0.15, 0.2) is 6.10 Å². The number of benzene rings is 1. The van der Waals surface area contributed by atoms with Gasteiger partial charge in [-0.25, -0.2) is 4.68 Å². The number of piperidine rings is 1. The van der Waals surface area contributed by atoms with Gasteiger partial charge in [0.1, 0.15) is 5.82 Å². The van der Waals surface area contributed by atoms with Gasteiger partial charge in [0.25, 0.3) is 11.8 Å². The maximum absolute atomic E-state index is 12.7. The van der Waals surface area contributed by atoms with Crippen LogP contribution < -0.4 is 5.32 Å². The first-order chi connectivity index (χ1) is 14.8. The Kier molecular flexibility index (Phi) is 7.33. The molecule has 9 heteroatoms. The van der Waals surface area contributed by atoms with E-state index in [9.17, 15) is 14.4 Å². The molecule has 1 fully saturated rings. The lowest BCUT2D eigenvalue weighted by molar-refractivity contribution is -0.158. The number of ether oxygens (including phenoxy) is 1. The molecule has 2 heterocycles. The molecule has 1 saturated heterocycles. The zero-order valence-electron chi connectivity index (χ0n) is 17.9. The minimum atomic E-state index is -0.967. The van der Waals surface area contributed by atoms with E-state index < -0.39 is 23.9 Å². The average Bonchev–Trinajstić information content (AvgIpc) is 3.22. The van der Waals surface area contributed by atoms with Gasteiger partial charge >= 0.3 is 5.97 Å². The molecule has 0 spiro atoms. The number of halogens is 1. The summed E-state index contributed by atoms with van der Waals surface area (Å²) >= 11 is 5.89. The second-order valence-corrected chi connectivity index (χ2v) is 8.36. The topological polar surface area (TPSA) is 93.5 Å². The molecule has 1 N–H and O–H groups in total. The molecule has 0 radical (unpaired) electrons. The van der Waals surface area contributed by atoms with Crippen molar-refractivity contribution in [1.29, 1.82) is 0 Å². The first kappa shape index (κ1) is 22.8. The molecule has 1 aromatic heterocycles. The van der Waals surface area contributed by atoms with Gasteiger partial charge in [-0.15, -0.1) is 0 Å². The molecule has 0 unspecified atom stereocenters. The molecule has 8 nitrogen and oxygen atoms in total. The van der Waals surface area contributed by atoms with E-state index in [1.54, 1.807) is 46.1 Å². The molecule has 1 aromatic carbocycles. The summed E-state index contributed by atoms with van der Waals surface area (Å²) in [7, 11) is 0. The Morgan fingerprint density at radius 2 is 1.87 bits per heavy atom. The maximum Gasteiger partial charge on any atom is 0.311 e. The summed E-state index contributed by atoms with van der Waals surface area (Å²) in [6, 6.07) is 8.43. The highest BCUT2D eigenvalue weighted by molar-refractivity contribution is 6.30. The largest absolute Gasteiger partial charge is 0.452 e. The van der Waals surface area contributed by atoms with Crippen LogP contribution in [0.1, 0.15) is 50.0 Å². The molecule has 1 aliphatic rings. The molecular weight excluding hydrogens is 420 g/mol. The lowest BCUT2D eigenvalue weighted by atomic mass is 9.97. The first-order valence-electron chi connectivity index (χ1n) is 10.4. The lowest BCUT2D eigenvalue weighted by Gasteiger charge is -2.32. The van der Waals surface area contributed by atoms with Crippen molar-refractivity contribution >= 4 is 35.2 Å². The van der Waals surface area contributed by atoms with Crippen molar-refractivity contribution in [2.45, 2.75) is 45.8 Å². The minimum absolute atomic E-state index is 0.0783. The van der Waals surface area contributed by atoms with Crippen molar-refractivity contribution in [1.82, 2.24) is 14.7 Å². The van der Waals surface area contributed by atoms with Gasteiger partial charge in [-0.1, -0.05) is 11.6 Å². The summed E-state index contributed by atoms with van der Waals surface area (Å²) in [6.07, 6.45) is 1.93. The third-order valence-corrected chi connectivity index (χ3v) is 5.46. The first-order valence-corrected chi connectivity index (χ1v) is 10.7. The lowest BCUT2D eigenvalue weighted by Crippen LogP contribution is -2.44. The number of carbonyl (C=O) groups excluding carboxylic acids is 3. The average molecular weight is 447 g/mol. The Balaban J connectivity index is 1.56. The fraction of sp³-hybridized carbons (Fsp3) is 0.455. The SMILES string of the molecule is CC(C)n1nccc1NC(=O)[C@@H](C)OC(=O)[C@@H]1CCCN(C(=O)c2ccc(Cl)cc2)C1. The van der Waals surface area contributed by atoms with Crippen LogP contribution in [0.5, 0.6) is 0 Å². The second kappa shape index (κ2) is 9.96. The van der Waals surface area contributed by atoms with Crippen molar-refractivity contribution in [3.05, 3.63) is 47.1 Å². The van der Waals surface area contributed by atoms with Crippen LogP contribution in [-0.2, 0) is 14.3 Å². The van der Waals surface area contributed by atoms with Crippen LogP contribution in [0.4, 0.5) is 5.82 Å². The van der Waals surface area contributed by atoms with E-state index >= 15 is 0 Å². The number of aromatic nitrogens is 2. The quantitative estimate of drug-likeness (QED) is 0.685. The summed E-state index contributed by atoms with van der Waals surface area (Å²) in [6.45, 7) is 6.26. The van der Waals surface area contributed by atoms with Gasteiger partial charge in [0, 0.05) is 35.8 Å². The van der Waals surface area contributed by atoms with Crippen molar-refractivity contribution in [3.63, 3.8) is 0 Å². The van der Waals surface area contributed by atoms with Crippen LogP contribution >= 0.6 is 11.6 Å². The molecule has 0 saturated carbocycles. The smallest absolute Gasteiger partial charge is 0.311 e. The highest BCUT2D eigenvalue weighted by Crippen LogP contribution is 2.21. The number of esters is 1. The number of nitrogens with zero attached hydrogens (tertiary/aromatic N) is 3. The molecule has 166 valence electrons. The molecule has 1 aliphatic heterocycles. The third kappa shape index (κ3) is 5.64. The molecule has 2 amide bonds. The van der Waals surface area contributed by atoms with Gasteiger partial charge in [-0.2, -0.15) is 5.10 Å². The van der Waals surface area contributed by atoms with E-state index in [-0.39, 0.29) is 18.5 Å². The predicted octanol–water partition coefficient (Wildman–Crippen LogP) is 3.54. The van der Waals surface area contributed by atoms with E-state index in [1.165, 1.54) is 6.92 Å². The molecule has 2 atom stereocenters. The highest BCUT2D eigenvalue weighted by atomic mass is 35.5. The Bertz CT molecular complexity index is 941. The van der Waals surface area contributed by atoms with Crippen LogP contribution in [0.3, 0.4) is 0 Å². The number of hydrogen-bond donors (Lipinski definition) is 1. The summed E-state index contributed by atoms with van der Waals surface area (Å²) < 4.78 is 7.09. The summed E-state index contributed by atoms with van der Waals surface area (Å²) in [5, 5.41) is 7.46. The van der Waals surface area contributed by atoms with E-state index in [0.29, 0.717) is 35.8 Å². The highest BCUT2D eigenvalue weighted by Gasteiger charge is 2.32. The maximum atomic E-state index is 12.7. The number of anilines is 1. The van der Waals surface area contributed by atoms with Crippen LogP contribution in [0.25, 0.3) is 0 Å². The number of carbonyl (C=O) groups is 3. The van der Waals surface area contributed by atoms with Crippen molar-refractivity contribution in [3.8, 4) is 0 Å². The monoisotopic (exact) mass is 446 g/mol. The van der Waals surface area contributed by atoms with E-state index in [1.807, 2.05) is 13.8 Å². The van der Waals surface area contributed by atoms with Gasteiger partial charge < -0.3 is 15.0 Å². The van der Waals surface area contributed by atoms with Crippen LogP contribution in [0.2, 0.25) is 5.02 Å². The second-order valence-electron chi connectivity index (χ2n) is 7.92. The Labute approximate surface area is 186 Å². The Morgan fingerprint density at radius 3 is 2.55 bits per heavy atom. The standard InChI is InChI=1S/C22H27ClN4O4/c1-14(2)27-19(10-11-24-27)25-20(28)15(3)31-22(30)17-5-4-12-26(13-17)21(29)16-6-8-18(23)9-7-16/h6-11,14-15,17H,4-5,12-13H2,1-3H3,(H,25,28)/t15-,17-/m1/s1. The number of rotatable bonds is 6. The van der Waals surface area contributed by atoms with Crippen molar-refractivity contribution in [2.24, 2.45) is 5.92 Å². The van der Waals surface area contributed by atoms with Crippen LogP contribution in [-0.4, -0.2) is 51.7 Å². The fourth-order valence-corrected chi connectivity index (χ4v) is 3.63. The molecule has 31 heavy (non-hydrogen) atoms. The Morgan fingerprint density at radius 1 is 1.16 bits per heavy atom. The van der Waals surface area contributed by atoms with Crippen LogP contribution in [0.15, 0.2) is 36.5 Å². The summed E-state index contributed by atoms with van der Waals surface area (Å²) in [4.78, 5) is 39.5. The number of nitrogens with one attached hydrogen (secondary N) is 1. The molecule has 0 bridgehead atoms. The fourth-order valence-electron chi connectivity index (χ4n) is 3.51. The summed E-state index contributed by atoms with van der Waals surface area (Å²) in [5.74, 6) is -0.988. The summed E-state index contributed by atoms with van der Waals surface area (Å²) in [5.41, 5.74) is 0.521. The minimum Gasteiger partial charge on any atom is -0.452 e. The molecule has 2 aromatic rings. The zero-order chi connectivity index (χ0) is 22.5. The molecule has 3 rings (SSSR count). The number of amides is 2. The number of hydrogen-bond acceptors (Lipinski definition) is 5. The predicted molar refractivity (Wildman–Crippen MR) is 117 cm³/mol. The van der Waals surface area contributed by atoms with E-state index in [2.05, 4.69) is 10.4 Å². The van der Waals surface area contributed by atoms with Gasteiger partial charge in [-0.3, -0.25) is 14.4 Å². The normalized spacial score (nSPS) is 17.3. The van der Waals surface area contributed by atoms with Crippen molar-refractivity contribution < 1.29 is 19.1 Å². The zero-order valence-corrected chi connectivity index (χ0v) is 18.6. The van der Waals surface area contributed by atoms with E-state index in [4.69, 9.17) is 16.3 Å². The Hall–Kier alpha value is -2.87.